The molecular weight excluding hydrogens is 331 g/mol. The third kappa shape index (κ3) is 2.46. The number of carbonyl (C=O) groups is 2. The lowest BCUT2D eigenvalue weighted by molar-refractivity contribution is -0.131. The minimum atomic E-state index is -0.0936. The number of hydrogen-bond donors (Lipinski definition) is 0. The lowest BCUT2D eigenvalue weighted by Gasteiger charge is -2.57. The van der Waals surface area contributed by atoms with E-state index in [0.717, 1.165) is 44.1 Å². The predicted molar refractivity (Wildman–Crippen MR) is 101 cm³/mol. The van der Waals surface area contributed by atoms with Crippen LogP contribution >= 0.6 is 9.24 Å². The van der Waals surface area contributed by atoms with Gasteiger partial charge in [0, 0.05) is 17.3 Å². The van der Waals surface area contributed by atoms with Gasteiger partial charge in [-0.05, 0) is 67.6 Å². The van der Waals surface area contributed by atoms with Crippen LogP contribution in [0.2, 0.25) is 0 Å². The van der Waals surface area contributed by atoms with Gasteiger partial charge in [-0.25, -0.2) is 0 Å². The van der Waals surface area contributed by atoms with E-state index in [-0.39, 0.29) is 16.6 Å². The Morgan fingerprint density at radius 1 is 1.12 bits per heavy atom. The molecule has 0 aromatic rings. The molecule has 3 nitrogen and oxygen atoms in total. The highest BCUT2D eigenvalue weighted by atomic mass is 31.0. The summed E-state index contributed by atoms with van der Waals surface area (Å²) in [4.78, 5) is 24.7. The molecule has 0 aliphatic heterocycles. The Bertz CT molecular complexity index is 679. The minimum Gasteiger partial charge on any atom is -0.373 e. The van der Waals surface area contributed by atoms with Gasteiger partial charge < -0.3 is 4.74 Å². The van der Waals surface area contributed by atoms with Crippen molar-refractivity contribution in [3.63, 3.8) is 0 Å². The van der Waals surface area contributed by atoms with E-state index in [1.807, 2.05) is 12.2 Å². The normalized spacial score (nSPS) is 43.1. The second-order valence-electron chi connectivity index (χ2n) is 8.79. The number of allylic oxidation sites excluding steroid dienone is 3. The first kappa shape index (κ1) is 17.6. The van der Waals surface area contributed by atoms with Gasteiger partial charge in [0.1, 0.15) is 5.78 Å². The summed E-state index contributed by atoms with van der Waals surface area (Å²) in [5.74, 6) is 2.26. The van der Waals surface area contributed by atoms with E-state index in [1.54, 1.807) is 0 Å². The summed E-state index contributed by atoms with van der Waals surface area (Å²) in [7, 11) is 2.59. The zero-order valence-corrected chi connectivity index (χ0v) is 16.5. The molecular formula is C21H29O3P. The van der Waals surface area contributed by atoms with Crippen molar-refractivity contribution in [1.82, 2.24) is 0 Å². The maximum absolute atomic E-state index is 12.5. The maximum atomic E-state index is 12.5. The van der Waals surface area contributed by atoms with Gasteiger partial charge >= 0.3 is 0 Å². The number of hydrogen-bond acceptors (Lipinski definition) is 3. The number of rotatable bonds is 3. The van der Waals surface area contributed by atoms with Crippen molar-refractivity contribution in [2.45, 2.75) is 52.4 Å². The van der Waals surface area contributed by atoms with E-state index < -0.39 is 0 Å². The molecule has 0 aromatic carbocycles. The van der Waals surface area contributed by atoms with Crippen molar-refractivity contribution in [2.24, 2.45) is 28.6 Å². The van der Waals surface area contributed by atoms with Gasteiger partial charge in [-0.3, -0.25) is 9.59 Å². The average molecular weight is 360 g/mol. The Morgan fingerprint density at radius 2 is 1.92 bits per heavy atom. The van der Waals surface area contributed by atoms with Crippen molar-refractivity contribution < 1.29 is 14.3 Å². The van der Waals surface area contributed by atoms with Crippen LogP contribution in [-0.4, -0.2) is 24.5 Å². The van der Waals surface area contributed by atoms with E-state index in [9.17, 15) is 9.59 Å². The molecule has 4 rings (SSSR count). The lowest BCUT2D eigenvalue weighted by Crippen LogP contribution is -2.51. The Balaban J connectivity index is 1.71. The van der Waals surface area contributed by atoms with Gasteiger partial charge in [-0.15, -0.1) is 9.24 Å². The number of ketones is 2. The first-order valence-electron chi connectivity index (χ1n) is 9.68. The highest BCUT2D eigenvalue weighted by Gasteiger charge is 2.59. The molecule has 0 amide bonds. The number of fused-ring (bicyclic) bond motifs is 5. The van der Waals surface area contributed by atoms with Gasteiger partial charge in [0.2, 0.25) is 0 Å². The van der Waals surface area contributed by atoms with Gasteiger partial charge in [-0.1, -0.05) is 19.4 Å². The zero-order valence-electron chi connectivity index (χ0n) is 15.3. The third-order valence-electron chi connectivity index (χ3n) is 7.98. The molecule has 0 bridgehead atoms. The fourth-order valence-corrected chi connectivity index (χ4v) is 6.68. The molecule has 1 unspecified atom stereocenters. The smallest absolute Gasteiger partial charge is 0.178 e. The molecule has 3 saturated carbocycles. The maximum Gasteiger partial charge on any atom is 0.178 e. The fourth-order valence-electron chi connectivity index (χ4n) is 6.56. The second-order valence-corrected chi connectivity index (χ2v) is 9.13. The Morgan fingerprint density at radius 3 is 2.68 bits per heavy atom. The van der Waals surface area contributed by atoms with Crippen LogP contribution in [0.5, 0.6) is 0 Å². The predicted octanol–water partition coefficient (Wildman–Crippen LogP) is 4.08. The molecule has 25 heavy (non-hydrogen) atoms. The van der Waals surface area contributed by atoms with Gasteiger partial charge in [0.05, 0.1) is 13.0 Å². The first-order valence-corrected chi connectivity index (χ1v) is 10.5. The molecule has 0 saturated heterocycles. The van der Waals surface area contributed by atoms with Crippen LogP contribution in [0.4, 0.5) is 0 Å². The first-order chi connectivity index (χ1) is 11.9. The molecule has 4 aliphatic carbocycles. The van der Waals surface area contributed by atoms with Crippen LogP contribution in [-0.2, 0) is 14.3 Å². The summed E-state index contributed by atoms with van der Waals surface area (Å²) in [5.41, 5.74) is 2.30. The van der Waals surface area contributed by atoms with Gasteiger partial charge in [-0.2, -0.15) is 0 Å². The van der Waals surface area contributed by atoms with Gasteiger partial charge in [0.25, 0.3) is 0 Å². The van der Waals surface area contributed by atoms with Crippen LogP contribution < -0.4 is 0 Å². The van der Waals surface area contributed by atoms with Crippen molar-refractivity contribution in [3.8, 4) is 0 Å². The highest BCUT2D eigenvalue weighted by molar-refractivity contribution is 7.16. The van der Waals surface area contributed by atoms with Crippen LogP contribution in [0.25, 0.3) is 0 Å². The van der Waals surface area contributed by atoms with E-state index in [0.29, 0.717) is 36.5 Å². The molecule has 3 fully saturated rings. The lowest BCUT2D eigenvalue weighted by atomic mass is 9.47. The topological polar surface area (TPSA) is 43.4 Å². The van der Waals surface area contributed by atoms with E-state index >= 15 is 0 Å². The summed E-state index contributed by atoms with van der Waals surface area (Å²) in [6.45, 7) is 5.09. The summed E-state index contributed by atoms with van der Waals surface area (Å²) < 4.78 is 5.70. The second kappa shape index (κ2) is 6.13. The molecule has 136 valence electrons. The summed E-state index contributed by atoms with van der Waals surface area (Å²) in [6.07, 6.45) is 10.3. The number of Topliss-reactive ketones (excluding diaryl/α,β-unsaturated/α-hetero) is 1. The molecule has 0 spiro atoms. The monoisotopic (exact) mass is 360 g/mol. The number of ether oxygens (including phenoxy) is 1. The Kier molecular flexibility index (Phi) is 4.32. The molecule has 0 radical (unpaired) electrons. The van der Waals surface area contributed by atoms with Crippen LogP contribution in [0.1, 0.15) is 52.4 Å². The van der Waals surface area contributed by atoms with Crippen molar-refractivity contribution in [1.29, 1.82) is 0 Å². The van der Waals surface area contributed by atoms with Crippen LogP contribution in [0.3, 0.4) is 0 Å². The zero-order chi connectivity index (χ0) is 17.8. The van der Waals surface area contributed by atoms with E-state index in [4.69, 9.17) is 4.74 Å². The van der Waals surface area contributed by atoms with Crippen LogP contribution in [0, 0.1) is 28.6 Å². The standard InChI is InChI=1S/C21H29O3P/c1-20-8-7-18-16(17(20)5-6-19(20)23)4-3-13-9-15(22)10-14(11-24-12-25)21(13,18)2/h9-10,16-18H,3-8,11-12,25H2,1-2H3/t16-,17-,18-,20-,21+/m0/s1. The fraction of sp³-hybridized carbons (Fsp3) is 0.714. The Hall–Kier alpha value is -0.790. The molecule has 0 aromatic heterocycles. The average Bonchev–Trinajstić information content (AvgIpc) is 2.89. The summed E-state index contributed by atoms with van der Waals surface area (Å²) in [5, 5.41) is 0. The van der Waals surface area contributed by atoms with Gasteiger partial charge in [0.15, 0.2) is 5.78 Å². The van der Waals surface area contributed by atoms with Crippen molar-refractivity contribution in [3.05, 3.63) is 23.3 Å². The van der Waals surface area contributed by atoms with Crippen LogP contribution in [0.15, 0.2) is 23.3 Å². The van der Waals surface area contributed by atoms with E-state index in [1.165, 1.54) is 5.57 Å². The largest absolute Gasteiger partial charge is 0.373 e. The molecule has 4 aliphatic rings. The Labute approximate surface area is 152 Å². The highest BCUT2D eigenvalue weighted by Crippen LogP contribution is 2.64. The van der Waals surface area contributed by atoms with Crippen molar-refractivity contribution in [2.75, 3.05) is 13.0 Å². The molecule has 4 heteroatoms. The summed E-state index contributed by atoms with van der Waals surface area (Å²) in [6, 6.07) is 0. The third-order valence-corrected chi connectivity index (χ3v) is 8.21. The number of carbonyl (C=O) groups excluding carboxylic acids is 2. The van der Waals surface area contributed by atoms with E-state index in [2.05, 4.69) is 23.1 Å². The molecule has 0 N–H and O–H groups in total. The minimum absolute atomic E-state index is 0.0658. The summed E-state index contributed by atoms with van der Waals surface area (Å²) >= 11 is 0. The molecule has 0 heterocycles. The quantitative estimate of drug-likeness (QED) is 0.712. The SMILES string of the molecule is C[C@@]12C(=CC(=O)C=C1COCP)CC[C@@H]1[C@@H]2CC[C@]2(C)C(=O)CC[C@@H]12. The van der Waals surface area contributed by atoms with Crippen molar-refractivity contribution >= 4 is 20.8 Å². The molecule has 6 atom stereocenters.